The van der Waals surface area contributed by atoms with E-state index in [2.05, 4.69) is 102 Å². The topological polar surface area (TPSA) is 94.0 Å². The van der Waals surface area contributed by atoms with Crippen molar-refractivity contribution >= 4 is 34.9 Å². The van der Waals surface area contributed by atoms with Gasteiger partial charge in [0, 0.05) is 75.8 Å². The van der Waals surface area contributed by atoms with Gasteiger partial charge in [0.2, 0.25) is 5.56 Å². The number of likely N-dealkylation sites (N-methyl/N-ethyl adjacent to an activating group) is 2. The molecule has 0 spiro atoms. The number of fused-ring (bicyclic) bond motifs is 2. The fourth-order valence-corrected chi connectivity index (χ4v) is 8.16. The van der Waals surface area contributed by atoms with E-state index in [0.717, 1.165) is 87.7 Å². The number of aromatic nitrogens is 2. The van der Waals surface area contributed by atoms with Gasteiger partial charge < -0.3 is 29.4 Å². The van der Waals surface area contributed by atoms with Crippen LogP contribution in [-0.2, 0) is 4.74 Å². The maximum Gasteiger partial charge on any atom is 0.250 e. The van der Waals surface area contributed by atoms with E-state index in [1.54, 1.807) is 29.6 Å². The third-order valence-corrected chi connectivity index (χ3v) is 11.1. The molecule has 9 nitrogen and oxygen atoms in total. The first-order valence-corrected chi connectivity index (χ1v) is 17.4. The lowest BCUT2D eigenvalue weighted by Crippen LogP contribution is -2.38. The number of hydrazine groups is 1. The Hall–Kier alpha value is -3.32. The average Bonchev–Trinajstić information content (AvgIpc) is 3.06. The van der Waals surface area contributed by atoms with Gasteiger partial charge in [-0.25, -0.2) is 5.84 Å². The smallest absolute Gasteiger partial charge is 0.250 e. The van der Waals surface area contributed by atoms with Crippen molar-refractivity contribution in [1.82, 2.24) is 19.8 Å². The third kappa shape index (κ3) is 7.62. The number of nitrogens with two attached hydrogens (primary N) is 1. The van der Waals surface area contributed by atoms with Gasteiger partial charge in [0.1, 0.15) is 0 Å². The Labute approximate surface area is 280 Å². The molecule has 0 aliphatic carbocycles. The predicted octanol–water partition coefficient (Wildman–Crippen LogP) is 5.50. The molecule has 2 aliphatic heterocycles. The molecule has 242 valence electrons. The summed E-state index contributed by atoms with van der Waals surface area (Å²) >= 11 is 3.49. The Morgan fingerprint density at radius 3 is 2.54 bits per heavy atom. The third-order valence-electron chi connectivity index (χ3n) is 8.46. The molecule has 6 rings (SSSR count). The van der Waals surface area contributed by atoms with Crippen LogP contribution in [0.2, 0.25) is 0 Å². The quantitative estimate of drug-likeness (QED) is 0.140. The van der Waals surface area contributed by atoms with Crippen molar-refractivity contribution in [2.45, 2.75) is 39.0 Å². The first kappa shape index (κ1) is 32.6. The highest BCUT2D eigenvalue weighted by Gasteiger charge is 2.25. The van der Waals surface area contributed by atoms with Crippen LogP contribution in [-0.4, -0.2) is 86.8 Å². The van der Waals surface area contributed by atoms with Gasteiger partial charge >= 0.3 is 0 Å². The van der Waals surface area contributed by atoms with Crippen molar-refractivity contribution in [1.29, 1.82) is 0 Å². The van der Waals surface area contributed by atoms with Gasteiger partial charge in [-0.15, -0.1) is 0 Å². The minimum absolute atomic E-state index is 0.0730. The molecule has 4 heterocycles. The molecular weight excluding hydrogens is 615 g/mol. The number of hydrogen-bond acceptors (Lipinski definition) is 10. The molecule has 46 heavy (non-hydrogen) atoms. The number of rotatable bonds is 11. The summed E-state index contributed by atoms with van der Waals surface area (Å²) in [4.78, 5) is 32.1. The average molecular weight is 658 g/mol. The van der Waals surface area contributed by atoms with E-state index in [1.807, 2.05) is 11.2 Å². The highest BCUT2D eigenvalue weighted by Crippen LogP contribution is 2.52. The van der Waals surface area contributed by atoms with Crippen LogP contribution < -0.4 is 21.3 Å². The number of pyridine rings is 2. The monoisotopic (exact) mass is 657 g/mol. The molecule has 1 atom stereocenters. The van der Waals surface area contributed by atoms with Gasteiger partial charge in [-0.3, -0.25) is 9.78 Å². The molecule has 4 aromatic rings. The van der Waals surface area contributed by atoms with E-state index in [4.69, 9.17) is 15.6 Å². The maximum absolute atomic E-state index is 12.8. The number of morpholine rings is 1. The molecule has 1 fully saturated rings. The van der Waals surface area contributed by atoms with E-state index in [9.17, 15) is 4.79 Å². The lowest BCUT2D eigenvalue weighted by atomic mass is 10.1. The molecule has 11 heteroatoms. The number of anilines is 2. The Bertz CT molecular complexity index is 1710. The summed E-state index contributed by atoms with van der Waals surface area (Å²) in [6.07, 6.45) is 2.77. The van der Waals surface area contributed by atoms with Crippen LogP contribution in [0, 0.1) is 6.92 Å². The lowest BCUT2D eigenvalue weighted by Gasteiger charge is -2.32. The second-order valence-corrected chi connectivity index (χ2v) is 14.4. The number of aromatic amines is 1. The number of benzene rings is 2. The van der Waals surface area contributed by atoms with Gasteiger partial charge in [0.25, 0.3) is 0 Å². The minimum Gasteiger partial charge on any atom is -0.378 e. The summed E-state index contributed by atoms with van der Waals surface area (Å²) < 4.78 is 5.52. The van der Waals surface area contributed by atoms with Crippen molar-refractivity contribution < 1.29 is 4.74 Å². The summed E-state index contributed by atoms with van der Waals surface area (Å²) in [7, 11) is 6.37. The van der Waals surface area contributed by atoms with Crippen LogP contribution in [0.5, 0.6) is 0 Å². The fourth-order valence-electron chi connectivity index (χ4n) is 5.75. The van der Waals surface area contributed by atoms with E-state index >= 15 is 0 Å². The standard InChI is InChI=1S/C35H43N7O2S2/c1-24-8-10-28(37-23-24)30(12-13-40(4)15-14-39(2)3)42(36)25-9-11-31-33(21-25)45-32-7-5-6-27(35(32)46-31)29-20-26(22-34(43)38-29)41-16-18-44-19-17-41/h5-11,20-23,30H,12-19,36H2,1-4H3,(H,38,43). The fraction of sp³-hybridized carbons (Fsp3) is 0.371. The molecule has 1 unspecified atom stereocenters. The van der Waals surface area contributed by atoms with Gasteiger partial charge in [-0.1, -0.05) is 41.7 Å². The van der Waals surface area contributed by atoms with Gasteiger partial charge in [0.05, 0.1) is 36.3 Å². The molecule has 0 radical (unpaired) electrons. The zero-order valence-corrected chi connectivity index (χ0v) is 28.7. The zero-order chi connectivity index (χ0) is 32.2. The number of nitrogens with one attached hydrogen (secondary N) is 1. The van der Waals surface area contributed by atoms with Crippen LogP contribution in [0.4, 0.5) is 11.4 Å². The van der Waals surface area contributed by atoms with Crippen LogP contribution in [0.3, 0.4) is 0 Å². The van der Waals surface area contributed by atoms with Crippen LogP contribution >= 0.6 is 23.5 Å². The summed E-state index contributed by atoms with van der Waals surface area (Å²) in [5, 5.41) is 1.89. The summed E-state index contributed by atoms with van der Waals surface area (Å²) in [6.45, 7) is 7.86. The number of H-pyrrole nitrogens is 1. The number of nitrogens with zero attached hydrogens (tertiary/aromatic N) is 5. The highest BCUT2D eigenvalue weighted by molar-refractivity contribution is 8.05. The van der Waals surface area contributed by atoms with Crippen molar-refractivity contribution in [2.75, 3.05) is 77.0 Å². The van der Waals surface area contributed by atoms with Crippen molar-refractivity contribution in [2.24, 2.45) is 5.84 Å². The summed E-state index contributed by atoms with van der Waals surface area (Å²) in [6, 6.07) is 20.7. The van der Waals surface area contributed by atoms with Crippen LogP contribution in [0.25, 0.3) is 11.3 Å². The molecule has 2 aromatic carbocycles. The van der Waals surface area contributed by atoms with Crippen molar-refractivity contribution in [3.8, 4) is 11.3 Å². The molecule has 2 aliphatic rings. The van der Waals surface area contributed by atoms with Gasteiger partial charge in [-0.2, -0.15) is 0 Å². The van der Waals surface area contributed by atoms with E-state index in [1.165, 1.54) is 4.90 Å². The van der Waals surface area contributed by atoms with Gasteiger partial charge in [0.15, 0.2) is 0 Å². The Morgan fingerprint density at radius 2 is 1.78 bits per heavy atom. The maximum atomic E-state index is 12.8. The predicted molar refractivity (Wildman–Crippen MR) is 189 cm³/mol. The van der Waals surface area contributed by atoms with Crippen LogP contribution in [0.15, 0.2) is 91.2 Å². The number of hydrogen-bond donors (Lipinski definition) is 2. The number of ether oxygens (including phenoxy) is 1. The highest BCUT2D eigenvalue weighted by atomic mass is 32.2. The molecule has 0 saturated carbocycles. The number of aryl methyl sites for hydroxylation is 1. The first-order valence-electron chi connectivity index (χ1n) is 15.7. The van der Waals surface area contributed by atoms with Crippen LogP contribution in [0.1, 0.15) is 23.7 Å². The SMILES string of the molecule is Cc1ccc(C(CCN(C)CCN(C)C)N(N)c2ccc3c(c2)Sc2cccc(-c4cc(N5CCOCC5)cc(=O)[nH]4)c2S3)nc1. The molecule has 3 N–H and O–H groups in total. The molecule has 0 amide bonds. The molecule has 0 bridgehead atoms. The van der Waals surface area contributed by atoms with E-state index in [0.29, 0.717) is 13.2 Å². The first-order chi connectivity index (χ1) is 22.2. The second kappa shape index (κ2) is 14.6. The molecular formula is C35H43N7O2S2. The Balaban J connectivity index is 1.25. The summed E-state index contributed by atoms with van der Waals surface area (Å²) in [5.41, 5.74) is 5.75. The van der Waals surface area contributed by atoms with Crippen molar-refractivity contribution in [3.05, 3.63) is 88.5 Å². The van der Waals surface area contributed by atoms with E-state index in [-0.39, 0.29) is 11.6 Å². The zero-order valence-electron chi connectivity index (χ0n) is 27.0. The normalized spacial score (nSPS) is 15.2. The Morgan fingerprint density at radius 1 is 0.957 bits per heavy atom. The second-order valence-electron chi connectivity index (χ2n) is 12.3. The molecule has 2 aromatic heterocycles. The minimum atomic E-state index is -0.0975. The largest absolute Gasteiger partial charge is 0.378 e. The van der Waals surface area contributed by atoms with E-state index < -0.39 is 0 Å². The Kier molecular flexibility index (Phi) is 10.4. The van der Waals surface area contributed by atoms with Gasteiger partial charge in [-0.05, 0) is 76.4 Å². The lowest BCUT2D eigenvalue weighted by molar-refractivity contribution is 0.122. The molecule has 1 saturated heterocycles. The summed E-state index contributed by atoms with van der Waals surface area (Å²) in [5.74, 6) is 6.94. The van der Waals surface area contributed by atoms with Crippen molar-refractivity contribution in [3.63, 3.8) is 0 Å².